The van der Waals surface area contributed by atoms with Crippen LogP contribution in [0.4, 0.5) is 0 Å². The number of carbonyl (C=O) groups is 4. The molecule has 0 saturated carbocycles. The molecule has 0 amide bonds. The van der Waals surface area contributed by atoms with Crippen LogP contribution in [0.1, 0.15) is 27.6 Å². The average Bonchev–Trinajstić information content (AvgIpc) is 3.38. The fourth-order valence-corrected chi connectivity index (χ4v) is 3.59. The van der Waals surface area contributed by atoms with Crippen LogP contribution < -0.4 is 9.47 Å². The van der Waals surface area contributed by atoms with E-state index in [1.54, 1.807) is 0 Å². The maximum absolute atomic E-state index is 12.5. The number of esters is 3. The molecule has 0 spiro atoms. The summed E-state index contributed by atoms with van der Waals surface area (Å²) in [6.45, 7) is 1.77. The van der Waals surface area contributed by atoms with Gasteiger partial charge in [0, 0.05) is 6.92 Å². The molecular weight excluding hydrogens is 436 g/mol. The zero-order valence-corrected chi connectivity index (χ0v) is 17.5. The van der Waals surface area contributed by atoms with Gasteiger partial charge in [0.15, 0.2) is 12.2 Å². The summed E-state index contributed by atoms with van der Waals surface area (Å²) in [7, 11) is 0. The van der Waals surface area contributed by atoms with E-state index in [0.717, 1.165) is 0 Å². The Labute approximate surface area is 188 Å². The van der Waals surface area contributed by atoms with Crippen molar-refractivity contribution in [3.05, 3.63) is 59.7 Å². The summed E-state index contributed by atoms with van der Waals surface area (Å²) >= 11 is 0. The first-order chi connectivity index (χ1) is 15.9. The molecule has 2 fully saturated rings. The van der Waals surface area contributed by atoms with Crippen LogP contribution in [0.2, 0.25) is 0 Å². The van der Waals surface area contributed by atoms with Crippen LogP contribution in [0.25, 0.3) is 0 Å². The zero-order chi connectivity index (χ0) is 23.4. The van der Waals surface area contributed by atoms with Crippen molar-refractivity contribution in [2.24, 2.45) is 0 Å². The largest absolute Gasteiger partial charge is 0.453 e. The third-order valence-corrected chi connectivity index (χ3v) is 5.11. The average molecular weight is 456 g/mol. The standard InChI is InChI=1S/C23H20O10/c1-13(25)31-17-8-4-15(5-9-17)23(27)33-19-11-29-20-18(10-28-21(19)20)32-22(26)14-2-6-16(7-3-14)30-12-24/h2-9,12,18-21H,10-11H2,1H3. The van der Waals surface area contributed by atoms with Gasteiger partial charge >= 0.3 is 17.9 Å². The molecule has 4 unspecified atom stereocenters. The van der Waals surface area contributed by atoms with Crippen molar-refractivity contribution in [1.29, 1.82) is 0 Å². The summed E-state index contributed by atoms with van der Waals surface area (Å²) in [6, 6.07) is 11.8. The van der Waals surface area contributed by atoms with Crippen LogP contribution >= 0.6 is 0 Å². The van der Waals surface area contributed by atoms with E-state index in [2.05, 4.69) is 0 Å². The molecule has 2 aliphatic rings. The second-order valence-corrected chi connectivity index (χ2v) is 7.34. The SMILES string of the molecule is CC(=O)Oc1ccc(C(=O)OC2COC3C(OC(=O)c4ccc(OC=O)cc4)COC23)cc1. The molecule has 10 heteroatoms. The van der Waals surface area contributed by atoms with E-state index < -0.39 is 42.3 Å². The molecule has 2 aromatic carbocycles. The van der Waals surface area contributed by atoms with E-state index in [4.69, 9.17) is 28.4 Å². The molecule has 2 aliphatic heterocycles. The number of hydrogen-bond donors (Lipinski definition) is 0. The van der Waals surface area contributed by atoms with Gasteiger partial charge in [0.25, 0.3) is 6.47 Å². The molecule has 2 aromatic rings. The van der Waals surface area contributed by atoms with Crippen molar-refractivity contribution in [1.82, 2.24) is 0 Å². The summed E-state index contributed by atoms with van der Waals surface area (Å²) in [6.07, 6.45) is -2.48. The second-order valence-electron chi connectivity index (χ2n) is 7.34. The number of hydrogen-bond acceptors (Lipinski definition) is 10. The lowest BCUT2D eigenvalue weighted by atomic mass is 10.1. The lowest BCUT2D eigenvalue weighted by molar-refractivity contribution is -0.131. The third kappa shape index (κ3) is 5.18. The van der Waals surface area contributed by atoms with Gasteiger partial charge in [-0.15, -0.1) is 0 Å². The summed E-state index contributed by atoms with van der Waals surface area (Å²) < 4.78 is 32.1. The number of ether oxygens (including phenoxy) is 6. The maximum Gasteiger partial charge on any atom is 0.338 e. The van der Waals surface area contributed by atoms with Crippen molar-refractivity contribution in [2.45, 2.75) is 31.3 Å². The molecular formula is C23H20O10. The van der Waals surface area contributed by atoms with Crippen LogP contribution in [0, 0.1) is 0 Å². The quantitative estimate of drug-likeness (QED) is 0.345. The fourth-order valence-electron chi connectivity index (χ4n) is 3.59. The number of carbonyl (C=O) groups excluding carboxylic acids is 4. The van der Waals surface area contributed by atoms with Crippen molar-refractivity contribution in [2.75, 3.05) is 13.2 Å². The van der Waals surface area contributed by atoms with E-state index in [0.29, 0.717) is 18.0 Å². The highest BCUT2D eigenvalue weighted by atomic mass is 16.7. The molecule has 10 nitrogen and oxygen atoms in total. The molecule has 0 radical (unpaired) electrons. The van der Waals surface area contributed by atoms with Crippen molar-refractivity contribution in [3.8, 4) is 11.5 Å². The van der Waals surface area contributed by atoms with Gasteiger partial charge in [0.05, 0.1) is 24.3 Å². The topological polar surface area (TPSA) is 124 Å². The first-order valence-electron chi connectivity index (χ1n) is 10.1. The van der Waals surface area contributed by atoms with Crippen molar-refractivity contribution in [3.63, 3.8) is 0 Å². The normalized spacial score (nSPS) is 23.3. The molecule has 172 valence electrons. The first-order valence-corrected chi connectivity index (χ1v) is 10.1. The van der Waals surface area contributed by atoms with Crippen LogP contribution in [0.5, 0.6) is 11.5 Å². The molecule has 0 N–H and O–H groups in total. The number of rotatable bonds is 7. The van der Waals surface area contributed by atoms with E-state index in [9.17, 15) is 19.2 Å². The van der Waals surface area contributed by atoms with Gasteiger partial charge < -0.3 is 28.4 Å². The van der Waals surface area contributed by atoms with Gasteiger partial charge in [0.2, 0.25) is 0 Å². The Kier molecular flexibility index (Phi) is 6.66. The molecule has 0 aromatic heterocycles. The Bertz CT molecular complexity index is 1030. The smallest absolute Gasteiger partial charge is 0.338 e. The molecule has 4 atom stereocenters. The maximum atomic E-state index is 12.5. The van der Waals surface area contributed by atoms with Crippen LogP contribution in [-0.2, 0) is 28.5 Å². The molecule has 4 rings (SSSR count). The van der Waals surface area contributed by atoms with E-state index in [1.165, 1.54) is 55.5 Å². The van der Waals surface area contributed by atoms with Gasteiger partial charge in [0.1, 0.15) is 23.7 Å². The monoisotopic (exact) mass is 456 g/mol. The Morgan fingerprint density at radius 3 is 1.67 bits per heavy atom. The minimum atomic E-state index is -0.667. The van der Waals surface area contributed by atoms with Crippen LogP contribution in [0.15, 0.2) is 48.5 Å². The van der Waals surface area contributed by atoms with Gasteiger partial charge in [-0.1, -0.05) is 0 Å². The van der Waals surface area contributed by atoms with Gasteiger partial charge in [-0.3, -0.25) is 9.59 Å². The lowest BCUT2D eigenvalue weighted by Gasteiger charge is -2.17. The fraction of sp³-hybridized carbons (Fsp3) is 0.304. The Balaban J connectivity index is 1.32. The highest BCUT2D eigenvalue weighted by Crippen LogP contribution is 2.31. The van der Waals surface area contributed by atoms with Crippen LogP contribution in [0.3, 0.4) is 0 Å². The van der Waals surface area contributed by atoms with E-state index in [1.807, 2.05) is 0 Å². The van der Waals surface area contributed by atoms with Gasteiger partial charge in [-0.05, 0) is 48.5 Å². The first kappa shape index (κ1) is 22.4. The van der Waals surface area contributed by atoms with Gasteiger partial charge in [-0.2, -0.15) is 0 Å². The Hall–Kier alpha value is -3.76. The van der Waals surface area contributed by atoms with E-state index in [-0.39, 0.29) is 24.3 Å². The number of benzene rings is 2. The zero-order valence-electron chi connectivity index (χ0n) is 17.5. The summed E-state index contributed by atoms with van der Waals surface area (Å²) in [5.41, 5.74) is 0.548. The van der Waals surface area contributed by atoms with E-state index >= 15 is 0 Å². The molecule has 2 saturated heterocycles. The predicted molar refractivity (Wildman–Crippen MR) is 109 cm³/mol. The Morgan fingerprint density at radius 1 is 0.788 bits per heavy atom. The second kappa shape index (κ2) is 9.80. The summed E-state index contributed by atoms with van der Waals surface area (Å²) in [5.74, 6) is -1.01. The third-order valence-electron chi connectivity index (χ3n) is 5.11. The molecule has 33 heavy (non-hydrogen) atoms. The highest BCUT2D eigenvalue weighted by Gasteiger charge is 2.51. The highest BCUT2D eigenvalue weighted by molar-refractivity contribution is 5.90. The Morgan fingerprint density at radius 2 is 1.24 bits per heavy atom. The number of fused-ring (bicyclic) bond motifs is 1. The predicted octanol–water partition coefficient (Wildman–Crippen LogP) is 1.70. The van der Waals surface area contributed by atoms with Gasteiger partial charge in [-0.25, -0.2) is 9.59 Å². The summed E-state index contributed by atoms with van der Waals surface area (Å²) in [4.78, 5) is 46.3. The van der Waals surface area contributed by atoms with Crippen LogP contribution in [-0.4, -0.2) is 62.0 Å². The minimum absolute atomic E-state index is 0.0956. The molecule has 0 aliphatic carbocycles. The molecule has 2 heterocycles. The molecule has 0 bridgehead atoms. The minimum Gasteiger partial charge on any atom is -0.453 e. The lowest BCUT2D eigenvalue weighted by Crippen LogP contribution is -2.36. The van der Waals surface area contributed by atoms with Crippen molar-refractivity contribution >= 4 is 24.4 Å². The van der Waals surface area contributed by atoms with Crippen molar-refractivity contribution < 1.29 is 47.6 Å². The summed E-state index contributed by atoms with van der Waals surface area (Å²) in [5, 5.41) is 0.